The Bertz CT molecular complexity index is 542. The molecule has 5 nitrogen and oxygen atoms in total. The Balaban J connectivity index is 1.82. The van der Waals surface area contributed by atoms with Gasteiger partial charge in [0, 0.05) is 30.1 Å². The lowest BCUT2D eigenvalue weighted by atomic mass is 9.98. The van der Waals surface area contributed by atoms with Crippen molar-refractivity contribution in [3.63, 3.8) is 0 Å². The zero-order valence-corrected chi connectivity index (χ0v) is 13.5. The highest BCUT2D eigenvalue weighted by Gasteiger charge is 2.24. The lowest BCUT2D eigenvalue weighted by Crippen LogP contribution is -2.49. The minimum Gasteiger partial charge on any atom is -0.353 e. The monoisotopic (exact) mass is 323 g/mol. The number of nitrogens with one attached hydrogen (secondary N) is 1. The van der Waals surface area contributed by atoms with Crippen LogP contribution in [0.5, 0.6) is 0 Å². The van der Waals surface area contributed by atoms with Crippen molar-refractivity contribution in [3.05, 3.63) is 34.9 Å². The molecular weight excluding hydrogens is 302 g/mol. The summed E-state index contributed by atoms with van der Waals surface area (Å²) in [5, 5.41) is 3.75. The molecule has 1 aliphatic heterocycles. The van der Waals surface area contributed by atoms with E-state index in [0.29, 0.717) is 24.5 Å². The van der Waals surface area contributed by atoms with Gasteiger partial charge in [-0.25, -0.2) is 4.79 Å². The van der Waals surface area contributed by atoms with E-state index in [-0.39, 0.29) is 17.9 Å². The molecule has 3 amide bonds. The number of amides is 3. The summed E-state index contributed by atoms with van der Waals surface area (Å²) < 4.78 is 0. The number of halogens is 1. The first-order chi connectivity index (χ1) is 10.5. The average Bonchev–Trinajstić information content (AvgIpc) is 2.50. The number of benzene rings is 1. The van der Waals surface area contributed by atoms with Gasteiger partial charge < -0.3 is 16.0 Å². The van der Waals surface area contributed by atoms with E-state index in [9.17, 15) is 9.59 Å². The third-order valence-electron chi connectivity index (χ3n) is 4.08. The minimum atomic E-state index is -0.392. The van der Waals surface area contributed by atoms with E-state index in [4.69, 9.17) is 17.3 Å². The molecule has 22 heavy (non-hydrogen) atoms. The fourth-order valence-corrected chi connectivity index (χ4v) is 2.89. The van der Waals surface area contributed by atoms with Crippen LogP contribution in [0, 0.1) is 5.92 Å². The van der Waals surface area contributed by atoms with Gasteiger partial charge in [0.05, 0.1) is 0 Å². The number of rotatable bonds is 4. The van der Waals surface area contributed by atoms with Gasteiger partial charge in [0.15, 0.2) is 0 Å². The van der Waals surface area contributed by atoms with Crippen LogP contribution in [0.2, 0.25) is 5.02 Å². The molecule has 0 aromatic heterocycles. The summed E-state index contributed by atoms with van der Waals surface area (Å²) in [6.45, 7) is 3.09. The topological polar surface area (TPSA) is 75.4 Å². The first-order valence-electron chi connectivity index (χ1n) is 7.55. The highest BCUT2D eigenvalue weighted by Crippen LogP contribution is 2.19. The SMILES string of the molecule is CC(Cc1ccccc1Cl)C(=O)NC1CCN(C(N)=O)CC1. The Hall–Kier alpha value is -1.75. The summed E-state index contributed by atoms with van der Waals surface area (Å²) in [6.07, 6.45) is 2.10. The predicted molar refractivity (Wildman–Crippen MR) is 86.6 cm³/mol. The van der Waals surface area contributed by atoms with E-state index in [2.05, 4.69) is 5.32 Å². The van der Waals surface area contributed by atoms with Crippen molar-refractivity contribution in [1.29, 1.82) is 0 Å². The largest absolute Gasteiger partial charge is 0.353 e. The quantitative estimate of drug-likeness (QED) is 0.891. The number of hydrogen-bond acceptors (Lipinski definition) is 2. The second kappa shape index (κ2) is 7.49. The molecule has 1 saturated heterocycles. The van der Waals surface area contributed by atoms with E-state index in [1.54, 1.807) is 4.90 Å². The summed E-state index contributed by atoms with van der Waals surface area (Å²) in [4.78, 5) is 25.0. The predicted octanol–water partition coefficient (Wildman–Crippen LogP) is 2.18. The summed E-state index contributed by atoms with van der Waals surface area (Å²) in [6, 6.07) is 7.29. The number of primary amides is 1. The molecule has 0 saturated carbocycles. The second-order valence-electron chi connectivity index (χ2n) is 5.80. The van der Waals surface area contributed by atoms with Gasteiger partial charge in [-0.1, -0.05) is 36.7 Å². The Morgan fingerprint density at radius 1 is 1.36 bits per heavy atom. The number of likely N-dealkylation sites (tertiary alicyclic amines) is 1. The number of nitrogens with zero attached hydrogens (tertiary/aromatic N) is 1. The summed E-state index contributed by atoms with van der Waals surface area (Å²) in [7, 11) is 0. The lowest BCUT2D eigenvalue weighted by molar-refractivity contribution is -0.125. The smallest absolute Gasteiger partial charge is 0.314 e. The van der Waals surface area contributed by atoms with Crippen molar-refractivity contribution < 1.29 is 9.59 Å². The van der Waals surface area contributed by atoms with E-state index in [1.165, 1.54) is 0 Å². The molecule has 2 rings (SSSR count). The first-order valence-corrected chi connectivity index (χ1v) is 7.93. The summed E-state index contributed by atoms with van der Waals surface area (Å²) >= 11 is 6.13. The summed E-state index contributed by atoms with van der Waals surface area (Å²) in [5.41, 5.74) is 6.23. The maximum Gasteiger partial charge on any atom is 0.314 e. The second-order valence-corrected chi connectivity index (χ2v) is 6.21. The molecule has 6 heteroatoms. The number of hydrogen-bond donors (Lipinski definition) is 2. The molecule has 3 N–H and O–H groups in total. The fourth-order valence-electron chi connectivity index (χ4n) is 2.67. The Labute approximate surface area is 135 Å². The Morgan fingerprint density at radius 3 is 2.59 bits per heavy atom. The van der Waals surface area contributed by atoms with Gasteiger partial charge in [0.25, 0.3) is 0 Å². The van der Waals surface area contributed by atoms with E-state index < -0.39 is 6.03 Å². The normalized spacial score (nSPS) is 17.1. The van der Waals surface area contributed by atoms with Crippen LogP contribution in [0.1, 0.15) is 25.3 Å². The zero-order chi connectivity index (χ0) is 16.1. The van der Waals surface area contributed by atoms with Gasteiger partial charge in [-0.2, -0.15) is 0 Å². The maximum atomic E-state index is 12.3. The highest BCUT2D eigenvalue weighted by molar-refractivity contribution is 6.31. The van der Waals surface area contributed by atoms with Gasteiger partial charge >= 0.3 is 6.03 Å². The molecule has 1 fully saturated rings. The van der Waals surface area contributed by atoms with Crippen LogP contribution in [0.3, 0.4) is 0 Å². The molecule has 0 aliphatic carbocycles. The zero-order valence-electron chi connectivity index (χ0n) is 12.7. The number of urea groups is 1. The minimum absolute atomic E-state index is 0.0254. The molecule has 0 spiro atoms. The third-order valence-corrected chi connectivity index (χ3v) is 4.45. The lowest BCUT2D eigenvalue weighted by Gasteiger charge is -2.31. The summed E-state index contributed by atoms with van der Waals surface area (Å²) in [5.74, 6) is -0.119. The van der Waals surface area contributed by atoms with Gasteiger partial charge in [-0.15, -0.1) is 0 Å². The van der Waals surface area contributed by atoms with Crippen LogP contribution < -0.4 is 11.1 Å². The number of carbonyl (C=O) groups is 2. The number of nitrogens with two attached hydrogens (primary N) is 1. The van der Waals surface area contributed by atoms with Gasteiger partial charge in [0.2, 0.25) is 5.91 Å². The van der Waals surface area contributed by atoms with Gasteiger partial charge in [-0.3, -0.25) is 4.79 Å². The Morgan fingerprint density at radius 2 is 2.00 bits per heavy atom. The van der Waals surface area contributed by atoms with Gasteiger partial charge in [-0.05, 0) is 30.9 Å². The molecule has 120 valence electrons. The van der Waals surface area contributed by atoms with Crippen LogP contribution >= 0.6 is 11.6 Å². The molecule has 0 bridgehead atoms. The molecule has 1 aromatic carbocycles. The highest BCUT2D eigenvalue weighted by atomic mass is 35.5. The van der Waals surface area contributed by atoms with Crippen molar-refractivity contribution >= 4 is 23.5 Å². The third kappa shape index (κ3) is 4.37. The fraction of sp³-hybridized carbons (Fsp3) is 0.500. The van der Waals surface area contributed by atoms with Crippen LogP contribution in [0.15, 0.2) is 24.3 Å². The van der Waals surface area contributed by atoms with E-state index in [1.807, 2.05) is 31.2 Å². The molecule has 1 heterocycles. The maximum absolute atomic E-state index is 12.3. The Kier molecular flexibility index (Phi) is 5.66. The van der Waals surface area contributed by atoms with Crippen molar-refractivity contribution in [2.75, 3.05) is 13.1 Å². The van der Waals surface area contributed by atoms with Crippen LogP contribution in [0.25, 0.3) is 0 Å². The van der Waals surface area contributed by atoms with Crippen molar-refractivity contribution in [2.24, 2.45) is 11.7 Å². The molecular formula is C16H22ClN3O2. The van der Waals surface area contributed by atoms with Crippen molar-refractivity contribution in [1.82, 2.24) is 10.2 Å². The molecule has 1 aromatic rings. The van der Waals surface area contributed by atoms with Crippen molar-refractivity contribution in [3.8, 4) is 0 Å². The van der Waals surface area contributed by atoms with Crippen LogP contribution in [-0.4, -0.2) is 36.0 Å². The van der Waals surface area contributed by atoms with Crippen molar-refractivity contribution in [2.45, 2.75) is 32.2 Å². The van der Waals surface area contributed by atoms with Crippen LogP contribution in [0.4, 0.5) is 4.79 Å². The molecule has 1 unspecified atom stereocenters. The molecule has 1 aliphatic rings. The average molecular weight is 324 g/mol. The van der Waals surface area contributed by atoms with Gasteiger partial charge in [0.1, 0.15) is 0 Å². The molecule has 1 atom stereocenters. The standard InChI is InChI=1S/C16H22ClN3O2/c1-11(10-12-4-2-3-5-14(12)17)15(21)19-13-6-8-20(9-7-13)16(18)22/h2-5,11,13H,6-10H2,1H3,(H2,18,22)(H,19,21). The number of carbonyl (C=O) groups excluding carboxylic acids is 2. The molecule has 0 radical (unpaired) electrons. The van der Waals surface area contributed by atoms with E-state index >= 15 is 0 Å². The van der Waals surface area contributed by atoms with E-state index in [0.717, 1.165) is 18.4 Å². The first kappa shape index (κ1) is 16.6. The van der Waals surface area contributed by atoms with Crippen LogP contribution in [-0.2, 0) is 11.2 Å². The number of piperidine rings is 1.